The molecular formula is C12H18FNO. The molecule has 0 radical (unpaired) electrons. The summed E-state index contributed by atoms with van der Waals surface area (Å²) in [5, 5.41) is 0. The van der Waals surface area contributed by atoms with E-state index in [9.17, 15) is 4.39 Å². The van der Waals surface area contributed by atoms with Crippen LogP contribution in [0.5, 0.6) is 5.75 Å². The zero-order valence-corrected chi connectivity index (χ0v) is 9.08. The highest BCUT2D eigenvalue weighted by atomic mass is 19.1. The van der Waals surface area contributed by atoms with Gasteiger partial charge in [-0.05, 0) is 25.1 Å². The Morgan fingerprint density at radius 3 is 2.73 bits per heavy atom. The third-order valence-corrected chi connectivity index (χ3v) is 2.34. The van der Waals surface area contributed by atoms with Crippen molar-refractivity contribution in [1.82, 2.24) is 0 Å². The van der Waals surface area contributed by atoms with Gasteiger partial charge in [0.2, 0.25) is 0 Å². The van der Waals surface area contributed by atoms with E-state index in [4.69, 9.17) is 10.5 Å². The zero-order valence-electron chi connectivity index (χ0n) is 9.08. The lowest BCUT2D eigenvalue weighted by molar-refractivity contribution is 0.234. The average Bonchev–Trinajstić information content (AvgIpc) is 2.26. The van der Waals surface area contributed by atoms with E-state index in [1.807, 2.05) is 0 Å². The molecule has 15 heavy (non-hydrogen) atoms. The van der Waals surface area contributed by atoms with Crippen molar-refractivity contribution >= 4 is 0 Å². The molecular weight excluding hydrogens is 193 g/mol. The molecule has 0 bridgehead atoms. The van der Waals surface area contributed by atoms with E-state index in [0.717, 1.165) is 12.8 Å². The molecule has 0 saturated carbocycles. The van der Waals surface area contributed by atoms with Crippen molar-refractivity contribution in [1.29, 1.82) is 0 Å². The Bertz CT molecular complexity index is 291. The molecule has 2 nitrogen and oxygen atoms in total. The highest BCUT2D eigenvalue weighted by molar-refractivity contribution is 5.23. The Kier molecular flexibility index (Phi) is 5.12. The fraction of sp³-hybridized carbons (Fsp3) is 0.500. The maximum atomic E-state index is 13.2. The van der Waals surface area contributed by atoms with Gasteiger partial charge in [0.15, 0.2) is 11.6 Å². The maximum Gasteiger partial charge on any atom is 0.165 e. The van der Waals surface area contributed by atoms with Crippen LogP contribution in [0.3, 0.4) is 0 Å². The largest absolute Gasteiger partial charge is 0.490 e. The minimum absolute atomic E-state index is 0.312. The van der Waals surface area contributed by atoms with Crippen LogP contribution in [-0.2, 0) is 0 Å². The van der Waals surface area contributed by atoms with Crippen molar-refractivity contribution in [3.8, 4) is 5.75 Å². The number of para-hydroxylation sites is 1. The van der Waals surface area contributed by atoms with Gasteiger partial charge in [0.1, 0.15) is 0 Å². The molecule has 0 saturated heterocycles. The Balaban J connectivity index is 2.45. The van der Waals surface area contributed by atoms with E-state index in [2.05, 4.69) is 6.92 Å². The van der Waals surface area contributed by atoms with Crippen molar-refractivity contribution in [3.63, 3.8) is 0 Å². The van der Waals surface area contributed by atoms with Crippen LogP contribution < -0.4 is 10.5 Å². The van der Waals surface area contributed by atoms with E-state index in [0.29, 0.717) is 24.8 Å². The van der Waals surface area contributed by atoms with E-state index in [1.165, 1.54) is 6.07 Å². The quantitative estimate of drug-likeness (QED) is 0.785. The first-order valence-electron chi connectivity index (χ1n) is 5.35. The molecule has 1 rings (SSSR count). The SMILES string of the molecule is CCCC(CN)COc1ccccc1F. The smallest absolute Gasteiger partial charge is 0.165 e. The van der Waals surface area contributed by atoms with Gasteiger partial charge in [0.25, 0.3) is 0 Å². The molecule has 0 fully saturated rings. The molecule has 0 aliphatic heterocycles. The summed E-state index contributed by atoms with van der Waals surface area (Å²) >= 11 is 0. The lowest BCUT2D eigenvalue weighted by Gasteiger charge is -2.14. The number of hydrogen-bond acceptors (Lipinski definition) is 2. The van der Waals surface area contributed by atoms with Crippen LogP contribution in [0.25, 0.3) is 0 Å². The molecule has 1 unspecified atom stereocenters. The summed E-state index contributed by atoms with van der Waals surface area (Å²) in [5.74, 6) is 0.312. The highest BCUT2D eigenvalue weighted by Crippen LogP contribution is 2.17. The summed E-state index contributed by atoms with van der Waals surface area (Å²) < 4.78 is 18.6. The molecule has 1 atom stereocenters. The van der Waals surface area contributed by atoms with Gasteiger partial charge in [0.05, 0.1) is 6.61 Å². The Labute approximate surface area is 90.2 Å². The third kappa shape index (κ3) is 3.88. The Morgan fingerprint density at radius 1 is 1.40 bits per heavy atom. The van der Waals surface area contributed by atoms with Gasteiger partial charge < -0.3 is 10.5 Å². The van der Waals surface area contributed by atoms with E-state index in [1.54, 1.807) is 18.2 Å². The average molecular weight is 211 g/mol. The number of benzene rings is 1. The van der Waals surface area contributed by atoms with Gasteiger partial charge >= 0.3 is 0 Å². The summed E-state index contributed by atoms with van der Waals surface area (Å²) in [6, 6.07) is 6.44. The molecule has 0 spiro atoms. The van der Waals surface area contributed by atoms with Crippen molar-refractivity contribution < 1.29 is 9.13 Å². The van der Waals surface area contributed by atoms with Crippen LogP contribution >= 0.6 is 0 Å². The second-order valence-electron chi connectivity index (χ2n) is 3.63. The third-order valence-electron chi connectivity index (χ3n) is 2.34. The lowest BCUT2D eigenvalue weighted by Crippen LogP contribution is -2.21. The van der Waals surface area contributed by atoms with E-state index >= 15 is 0 Å². The Hall–Kier alpha value is -1.09. The summed E-state index contributed by atoms with van der Waals surface area (Å²) in [6.07, 6.45) is 2.09. The molecule has 0 aliphatic rings. The van der Waals surface area contributed by atoms with Gasteiger partial charge in [-0.3, -0.25) is 0 Å². The van der Waals surface area contributed by atoms with Crippen LogP contribution in [0.15, 0.2) is 24.3 Å². The van der Waals surface area contributed by atoms with Gasteiger partial charge in [0, 0.05) is 5.92 Å². The fourth-order valence-corrected chi connectivity index (χ4v) is 1.45. The minimum atomic E-state index is -0.315. The molecule has 2 N–H and O–H groups in total. The second kappa shape index (κ2) is 6.40. The predicted octanol–water partition coefficient (Wildman–Crippen LogP) is 2.58. The van der Waals surface area contributed by atoms with Gasteiger partial charge in [-0.25, -0.2) is 4.39 Å². The molecule has 3 heteroatoms. The van der Waals surface area contributed by atoms with Crippen LogP contribution in [0.1, 0.15) is 19.8 Å². The van der Waals surface area contributed by atoms with Crippen LogP contribution in [0, 0.1) is 11.7 Å². The summed E-state index contributed by atoms with van der Waals surface area (Å²) in [7, 11) is 0. The highest BCUT2D eigenvalue weighted by Gasteiger charge is 2.08. The predicted molar refractivity (Wildman–Crippen MR) is 59.3 cm³/mol. The number of nitrogens with two attached hydrogens (primary N) is 1. The van der Waals surface area contributed by atoms with Crippen LogP contribution in [0.2, 0.25) is 0 Å². The van der Waals surface area contributed by atoms with Crippen molar-refractivity contribution in [3.05, 3.63) is 30.1 Å². The van der Waals surface area contributed by atoms with Gasteiger partial charge in [-0.2, -0.15) is 0 Å². The number of halogens is 1. The first kappa shape index (κ1) is 12.0. The minimum Gasteiger partial charge on any atom is -0.490 e. The second-order valence-corrected chi connectivity index (χ2v) is 3.63. The van der Waals surface area contributed by atoms with Gasteiger partial charge in [-0.1, -0.05) is 25.5 Å². The van der Waals surface area contributed by atoms with Crippen LogP contribution in [-0.4, -0.2) is 13.2 Å². The maximum absolute atomic E-state index is 13.2. The molecule has 1 aromatic rings. The van der Waals surface area contributed by atoms with Crippen molar-refractivity contribution in [2.24, 2.45) is 11.7 Å². The molecule has 0 aliphatic carbocycles. The molecule has 0 heterocycles. The standard InChI is InChI=1S/C12H18FNO/c1-2-5-10(8-14)9-15-12-7-4-3-6-11(12)13/h3-4,6-7,10H,2,5,8-9,14H2,1H3. The van der Waals surface area contributed by atoms with Crippen molar-refractivity contribution in [2.45, 2.75) is 19.8 Å². The topological polar surface area (TPSA) is 35.2 Å². The molecule has 0 aromatic heterocycles. The molecule has 1 aromatic carbocycles. The fourth-order valence-electron chi connectivity index (χ4n) is 1.45. The number of hydrogen-bond donors (Lipinski definition) is 1. The van der Waals surface area contributed by atoms with E-state index < -0.39 is 0 Å². The normalized spacial score (nSPS) is 12.5. The van der Waals surface area contributed by atoms with Crippen molar-refractivity contribution in [2.75, 3.05) is 13.2 Å². The van der Waals surface area contributed by atoms with Crippen LogP contribution in [0.4, 0.5) is 4.39 Å². The van der Waals surface area contributed by atoms with E-state index in [-0.39, 0.29) is 5.82 Å². The summed E-state index contributed by atoms with van der Waals surface area (Å²) in [4.78, 5) is 0. The first-order chi connectivity index (χ1) is 7.27. The summed E-state index contributed by atoms with van der Waals surface area (Å²) in [5.41, 5.74) is 5.59. The molecule has 0 amide bonds. The monoisotopic (exact) mass is 211 g/mol. The molecule has 84 valence electrons. The Morgan fingerprint density at radius 2 is 2.13 bits per heavy atom. The number of rotatable bonds is 6. The first-order valence-corrected chi connectivity index (χ1v) is 5.35. The van der Waals surface area contributed by atoms with Gasteiger partial charge in [-0.15, -0.1) is 0 Å². The lowest BCUT2D eigenvalue weighted by atomic mass is 10.1. The number of ether oxygens (including phenoxy) is 1. The summed E-state index contributed by atoms with van der Waals surface area (Å²) in [6.45, 7) is 3.18. The zero-order chi connectivity index (χ0) is 11.1.